The van der Waals surface area contributed by atoms with Gasteiger partial charge in [-0.25, -0.2) is 9.97 Å². The van der Waals surface area contributed by atoms with Crippen LogP contribution in [-0.2, 0) is 0 Å². The maximum Gasteiger partial charge on any atom is 0.116 e. The summed E-state index contributed by atoms with van der Waals surface area (Å²) in [7, 11) is 0. The molecule has 0 unspecified atom stereocenters. The zero-order chi connectivity index (χ0) is 11.5. The molecule has 5 heteroatoms. The van der Waals surface area contributed by atoms with Crippen molar-refractivity contribution in [2.24, 2.45) is 0 Å². The Morgan fingerprint density at radius 3 is 2.75 bits per heavy atom. The van der Waals surface area contributed by atoms with Crippen molar-refractivity contribution >= 4 is 21.9 Å². The van der Waals surface area contributed by atoms with Gasteiger partial charge in [-0.15, -0.1) is 0 Å². The smallest absolute Gasteiger partial charge is 0.116 e. The van der Waals surface area contributed by atoms with E-state index in [0.29, 0.717) is 5.69 Å². The van der Waals surface area contributed by atoms with Crippen molar-refractivity contribution in [2.75, 3.05) is 0 Å². The van der Waals surface area contributed by atoms with E-state index in [9.17, 15) is 9.90 Å². The Morgan fingerprint density at radius 2 is 2.06 bits per heavy atom. The maximum absolute atomic E-state index is 10.6. The molecule has 0 atom stereocenters. The van der Waals surface area contributed by atoms with E-state index in [1.54, 1.807) is 0 Å². The minimum Gasteiger partial charge on any atom is -0.543 e. The number of benzene rings is 1. The Morgan fingerprint density at radius 1 is 1.25 bits per heavy atom. The zero-order valence-corrected chi connectivity index (χ0v) is 9.64. The zero-order valence-electron chi connectivity index (χ0n) is 8.05. The van der Waals surface area contributed by atoms with Gasteiger partial charge in [0.05, 0.1) is 17.4 Å². The van der Waals surface area contributed by atoms with Gasteiger partial charge in [-0.3, -0.25) is 0 Å². The number of halogens is 1. The van der Waals surface area contributed by atoms with Gasteiger partial charge in [0.2, 0.25) is 0 Å². The highest BCUT2D eigenvalue weighted by Crippen LogP contribution is 2.20. The number of carboxylic acids is 1. The van der Waals surface area contributed by atoms with E-state index in [4.69, 9.17) is 0 Å². The Kier molecular flexibility index (Phi) is 2.96. The van der Waals surface area contributed by atoms with Gasteiger partial charge < -0.3 is 9.90 Å². The number of aromatic carboxylic acids is 1. The molecule has 0 fully saturated rings. The number of nitrogens with zero attached hydrogens (tertiary/aromatic N) is 2. The Bertz CT molecular complexity index is 543. The monoisotopic (exact) mass is 277 g/mol. The third-order valence-corrected chi connectivity index (χ3v) is 2.49. The second-order valence-corrected chi connectivity index (χ2v) is 4.00. The maximum atomic E-state index is 10.6. The molecule has 1 aromatic carbocycles. The summed E-state index contributed by atoms with van der Waals surface area (Å²) in [5.74, 6) is -1.31. The molecule has 0 aliphatic carbocycles. The first-order valence-corrected chi connectivity index (χ1v) is 5.25. The highest BCUT2D eigenvalue weighted by Gasteiger charge is 2.02. The summed E-state index contributed by atoms with van der Waals surface area (Å²) >= 11 is 3.33. The van der Waals surface area contributed by atoms with Gasteiger partial charge in [0.15, 0.2) is 0 Å². The third kappa shape index (κ3) is 2.25. The van der Waals surface area contributed by atoms with Crippen molar-refractivity contribution in [3.8, 4) is 11.3 Å². The quantitative estimate of drug-likeness (QED) is 0.829. The molecular weight excluding hydrogens is 272 g/mol. The predicted molar refractivity (Wildman–Crippen MR) is 59.5 cm³/mol. The van der Waals surface area contributed by atoms with Gasteiger partial charge >= 0.3 is 0 Å². The van der Waals surface area contributed by atoms with Crippen LogP contribution >= 0.6 is 15.9 Å². The number of carboxylic acid groups (broad SMARTS) is 1. The molecule has 2 aromatic rings. The number of hydrogen-bond donors (Lipinski definition) is 0. The van der Waals surface area contributed by atoms with Crippen LogP contribution in [0.1, 0.15) is 10.5 Å². The standard InChI is InChI=1S/C11H7BrN2O2/c12-8-3-1-2-7(4-8)9-5-10(11(15)16)14-6-13-9/h1-6H,(H,15,16)/p-1. The third-order valence-electron chi connectivity index (χ3n) is 2.00. The number of hydrogen-bond acceptors (Lipinski definition) is 4. The molecule has 0 amide bonds. The van der Waals surface area contributed by atoms with Gasteiger partial charge in [-0.05, 0) is 18.2 Å². The minimum atomic E-state index is -1.31. The molecule has 0 aliphatic rings. The van der Waals surface area contributed by atoms with Crippen LogP contribution in [0.3, 0.4) is 0 Å². The molecule has 1 aromatic heterocycles. The van der Waals surface area contributed by atoms with Gasteiger partial charge in [0, 0.05) is 10.0 Å². The summed E-state index contributed by atoms with van der Waals surface area (Å²) in [4.78, 5) is 18.3. The van der Waals surface area contributed by atoms with E-state index >= 15 is 0 Å². The average molecular weight is 278 g/mol. The van der Waals surface area contributed by atoms with Crippen LogP contribution in [0.25, 0.3) is 11.3 Å². The summed E-state index contributed by atoms with van der Waals surface area (Å²) in [5, 5.41) is 10.6. The fourth-order valence-corrected chi connectivity index (χ4v) is 1.67. The number of carbonyl (C=O) groups is 1. The lowest BCUT2D eigenvalue weighted by Crippen LogP contribution is -2.23. The van der Waals surface area contributed by atoms with Crippen LogP contribution in [0.15, 0.2) is 41.1 Å². The van der Waals surface area contributed by atoms with Crippen molar-refractivity contribution in [3.05, 3.63) is 46.8 Å². The van der Waals surface area contributed by atoms with Crippen LogP contribution in [0.2, 0.25) is 0 Å². The molecule has 0 saturated heterocycles. The summed E-state index contributed by atoms with van der Waals surface area (Å²) in [6.07, 6.45) is 1.21. The lowest BCUT2D eigenvalue weighted by Gasteiger charge is -2.04. The molecular formula is C11H6BrN2O2-. The molecule has 0 spiro atoms. The van der Waals surface area contributed by atoms with E-state index in [0.717, 1.165) is 10.0 Å². The number of carbonyl (C=O) groups excluding carboxylic acids is 1. The SMILES string of the molecule is O=C([O-])c1cc(-c2cccc(Br)c2)ncn1. The first-order valence-electron chi connectivity index (χ1n) is 4.46. The van der Waals surface area contributed by atoms with Gasteiger partial charge in [-0.1, -0.05) is 28.1 Å². The van der Waals surface area contributed by atoms with Gasteiger partial charge in [0.1, 0.15) is 6.33 Å². The first-order chi connectivity index (χ1) is 7.66. The summed E-state index contributed by atoms with van der Waals surface area (Å²) < 4.78 is 0.901. The minimum absolute atomic E-state index is 0.120. The Balaban J connectivity index is 2.48. The summed E-state index contributed by atoms with van der Waals surface area (Å²) in [6, 6.07) is 8.80. The average Bonchev–Trinajstić information content (AvgIpc) is 2.29. The molecule has 2 rings (SSSR count). The van der Waals surface area contributed by atoms with Crippen LogP contribution in [0.4, 0.5) is 0 Å². The lowest BCUT2D eigenvalue weighted by atomic mass is 10.1. The normalized spacial score (nSPS) is 10.1. The number of aromatic nitrogens is 2. The van der Waals surface area contributed by atoms with Gasteiger partial charge in [-0.2, -0.15) is 0 Å². The van der Waals surface area contributed by atoms with Crippen molar-refractivity contribution in [2.45, 2.75) is 0 Å². The molecule has 0 saturated carbocycles. The number of rotatable bonds is 2. The molecule has 0 N–H and O–H groups in total. The molecule has 0 radical (unpaired) electrons. The van der Waals surface area contributed by atoms with E-state index in [1.165, 1.54) is 12.4 Å². The summed E-state index contributed by atoms with van der Waals surface area (Å²) in [5.41, 5.74) is 1.25. The molecule has 16 heavy (non-hydrogen) atoms. The van der Waals surface area contributed by atoms with Crippen molar-refractivity contribution in [1.82, 2.24) is 9.97 Å². The second kappa shape index (κ2) is 4.40. The Labute approximate surface area is 100 Å². The largest absolute Gasteiger partial charge is 0.543 e. The molecule has 4 nitrogen and oxygen atoms in total. The molecule has 0 bridgehead atoms. The van der Waals surface area contributed by atoms with Crippen LogP contribution < -0.4 is 5.11 Å². The first kappa shape index (κ1) is 10.8. The Hall–Kier alpha value is -1.75. The fraction of sp³-hybridized carbons (Fsp3) is 0. The topological polar surface area (TPSA) is 65.9 Å². The summed E-state index contributed by atoms with van der Waals surface area (Å²) in [6.45, 7) is 0. The highest BCUT2D eigenvalue weighted by molar-refractivity contribution is 9.10. The van der Waals surface area contributed by atoms with E-state index in [2.05, 4.69) is 25.9 Å². The highest BCUT2D eigenvalue weighted by atomic mass is 79.9. The van der Waals surface area contributed by atoms with Crippen LogP contribution in [0.5, 0.6) is 0 Å². The molecule has 0 aliphatic heterocycles. The van der Waals surface area contributed by atoms with Crippen LogP contribution in [0, 0.1) is 0 Å². The van der Waals surface area contributed by atoms with Crippen molar-refractivity contribution in [3.63, 3.8) is 0 Å². The van der Waals surface area contributed by atoms with Crippen molar-refractivity contribution in [1.29, 1.82) is 0 Å². The molecule has 80 valence electrons. The van der Waals surface area contributed by atoms with Crippen molar-refractivity contribution < 1.29 is 9.90 Å². The van der Waals surface area contributed by atoms with Gasteiger partial charge in [0.25, 0.3) is 0 Å². The fourth-order valence-electron chi connectivity index (χ4n) is 1.27. The van der Waals surface area contributed by atoms with E-state index in [1.807, 2.05) is 24.3 Å². The molecule has 1 heterocycles. The van der Waals surface area contributed by atoms with E-state index < -0.39 is 5.97 Å². The second-order valence-electron chi connectivity index (χ2n) is 3.09. The van der Waals surface area contributed by atoms with Crippen LogP contribution in [-0.4, -0.2) is 15.9 Å². The lowest BCUT2D eigenvalue weighted by molar-refractivity contribution is -0.255. The van der Waals surface area contributed by atoms with E-state index in [-0.39, 0.29) is 5.69 Å². The predicted octanol–water partition coefficient (Wildman–Crippen LogP) is 1.27.